The van der Waals surface area contributed by atoms with E-state index in [2.05, 4.69) is 0 Å². The van der Waals surface area contributed by atoms with Crippen LogP contribution in [-0.2, 0) is 5.60 Å². The van der Waals surface area contributed by atoms with Gasteiger partial charge >= 0.3 is 12.4 Å². The van der Waals surface area contributed by atoms with Crippen molar-refractivity contribution in [2.24, 2.45) is 0 Å². The van der Waals surface area contributed by atoms with E-state index in [0.717, 1.165) is 0 Å². The molecule has 0 unspecified atom stereocenters. The van der Waals surface area contributed by atoms with E-state index in [1.165, 1.54) is 0 Å². The smallest absolute Gasteiger partial charge is 0.369 e. The third-order valence-corrected chi connectivity index (χ3v) is 3.06. The Kier molecular flexibility index (Phi) is 4.86. The maximum atomic E-state index is 12.7. The summed E-state index contributed by atoms with van der Waals surface area (Å²) >= 11 is 9.99. The molecule has 0 amide bonds. The van der Waals surface area contributed by atoms with Crippen molar-refractivity contribution in [2.45, 2.75) is 18.0 Å². The number of carbonyl (C=O) groups is 2. The van der Waals surface area contributed by atoms with Crippen molar-refractivity contribution < 1.29 is 41.0 Å². The van der Waals surface area contributed by atoms with E-state index < -0.39 is 45.1 Å². The Morgan fingerprint density at radius 3 is 1.36 bits per heavy atom. The highest BCUT2D eigenvalue weighted by Crippen LogP contribution is 2.50. The van der Waals surface area contributed by atoms with Gasteiger partial charge in [0.2, 0.25) is 0 Å². The summed E-state index contributed by atoms with van der Waals surface area (Å²) in [6.45, 7) is 0. The molecule has 0 radical (unpaired) electrons. The molecule has 0 aliphatic rings. The van der Waals surface area contributed by atoms with Gasteiger partial charge in [-0.25, -0.2) is 0 Å². The molecule has 0 fully saturated rings. The zero-order valence-electron chi connectivity index (χ0n) is 10.0. The average Bonchev–Trinajstić information content (AvgIpc) is 2.34. The van der Waals surface area contributed by atoms with E-state index in [4.69, 9.17) is 23.2 Å². The SMILES string of the molecule is O=C(Cl)c1cc(C(=O)Cl)cc(C(O)(C(F)(F)F)C(F)(F)F)c1. The van der Waals surface area contributed by atoms with Crippen molar-refractivity contribution in [3.8, 4) is 0 Å². The first kappa shape index (κ1) is 18.7. The van der Waals surface area contributed by atoms with Crippen LogP contribution in [0, 0.1) is 0 Å². The quantitative estimate of drug-likeness (QED) is 0.652. The Bertz CT molecular complexity index is 577. The van der Waals surface area contributed by atoms with Crippen LogP contribution in [0.25, 0.3) is 0 Å². The number of alkyl halides is 6. The lowest BCUT2D eigenvalue weighted by Crippen LogP contribution is -2.54. The van der Waals surface area contributed by atoms with E-state index in [9.17, 15) is 41.0 Å². The predicted octanol–water partition coefficient (Wildman–Crippen LogP) is 3.76. The van der Waals surface area contributed by atoms with Gasteiger partial charge < -0.3 is 5.11 Å². The molecule has 1 aromatic carbocycles. The molecule has 0 atom stereocenters. The molecule has 1 N–H and O–H groups in total. The summed E-state index contributed by atoms with van der Waals surface area (Å²) in [5.41, 5.74) is -8.84. The van der Waals surface area contributed by atoms with E-state index in [1.54, 1.807) is 0 Å². The molecule has 1 rings (SSSR count). The maximum Gasteiger partial charge on any atom is 0.430 e. The molecule has 0 heterocycles. The van der Waals surface area contributed by atoms with Gasteiger partial charge in [-0.05, 0) is 41.4 Å². The van der Waals surface area contributed by atoms with Crippen LogP contribution in [-0.4, -0.2) is 27.9 Å². The first-order chi connectivity index (χ1) is 9.71. The van der Waals surface area contributed by atoms with Crippen molar-refractivity contribution in [1.29, 1.82) is 0 Å². The second kappa shape index (κ2) is 5.71. The molecule has 122 valence electrons. The van der Waals surface area contributed by atoms with Gasteiger partial charge in [0.15, 0.2) is 0 Å². The Hall–Kier alpha value is -1.32. The highest BCUT2D eigenvalue weighted by Gasteiger charge is 2.71. The van der Waals surface area contributed by atoms with Crippen molar-refractivity contribution >= 4 is 33.7 Å². The lowest BCUT2D eigenvalue weighted by Gasteiger charge is -2.33. The summed E-state index contributed by atoms with van der Waals surface area (Å²) in [5.74, 6) is 0. The minimum absolute atomic E-state index is 0.0830. The van der Waals surface area contributed by atoms with Gasteiger partial charge in [-0.2, -0.15) is 26.3 Å². The Morgan fingerprint density at radius 2 is 1.14 bits per heavy atom. The van der Waals surface area contributed by atoms with Gasteiger partial charge in [-0.1, -0.05) is 0 Å². The van der Waals surface area contributed by atoms with Crippen molar-refractivity contribution in [3.05, 3.63) is 34.9 Å². The maximum absolute atomic E-state index is 12.7. The zero-order chi connectivity index (χ0) is 17.5. The standard InChI is InChI=1S/C11H4Cl2F6O3/c12-7(20)4-1-5(8(13)21)3-6(2-4)9(22,10(14,15)16)11(17,18)19/h1-3,22H. The fourth-order valence-electron chi connectivity index (χ4n) is 1.55. The second-order valence-corrected chi connectivity index (χ2v) is 4.74. The van der Waals surface area contributed by atoms with Gasteiger partial charge in [0.1, 0.15) is 0 Å². The Labute approximate surface area is 128 Å². The molecular weight excluding hydrogens is 365 g/mol. The number of carbonyl (C=O) groups excluding carboxylic acids is 2. The summed E-state index contributed by atoms with van der Waals surface area (Å²) in [5, 5.41) is 6.33. The van der Waals surface area contributed by atoms with Crippen LogP contribution < -0.4 is 0 Å². The van der Waals surface area contributed by atoms with Gasteiger partial charge in [0.25, 0.3) is 16.1 Å². The molecule has 3 nitrogen and oxygen atoms in total. The Morgan fingerprint density at radius 1 is 0.818 bits per heavy atom. The summed E-state index contributed by atoms with van der Waals surface area (Å²) in [7, 11) is 0. The lowest BCUT2D eigenvalue weighted by molar-refractivity contribution is -0.376. The zero-order valence-corrected chi connectivity index (χ0v) is 11.5. The number of benzene rings is 1. The minimum atomic E-state index is -6.17. The summed E-state index contributed by atoms with van der Waals surface area (Å²) in [4.78, 5) is 21.9. The highest BCUT2D eigenvalue weighted by molar-refractivity contribution is 6.69. The van der Waals surface area contributed by atoms with Crippen molar-refractivity contribution in [3.63, 3.8) is 0 Å². The van der Waals surface area contributed by atoms with Crippen molar-refractivity contribution in [2.75, 3.05) is 0 Å². The fraction of sp³-hybridized carbons (Fsp3) is 0.273. The third kappa shape index (κ3) is 3.21. The molecular formula is C11H4Cl2F6O3. The number of rotatable bonds is 3. The van der Waals surface area contributed by atoms with Gasteiger partial charge in [0.05, 0.1) is 0 Å². The summed E-state index contributed by atoms with van der Waals surface area (Å²) in [6.07, 6.45) is -12.3. The first-order valence-corrected chi connectivity index (χ1v) is 5.88. The average molecular weight is 369 g/mol. The number of aliphatic hydroxyl groups is 1. The van der Waals surface area contributed by atoms with Gasteiger partial charge in [-0.15, -0.1) is 0 Å². The van der Waals surface area contributed by atoms with Crippen LogP contribution in [0.15, 0.2) is 18.2 Å². The monoisotopic (exact) mass is 368 g/mol. The minimum Gasteiger partial charge on any atom is -0.369 e. The first-order valence-electron chi connectivity index (χ1n) is 5.13. The van der Waals surface area contributed by atoms with Crippen LogP contribution in [0.3, 0.4) is 0 Å². The molecule has 0 spiro atoms. The predicted molar refractivity (Wildman–Crippen MR) is 62.8 cm³/mol. The molecule has 0 aliphatic carbocycles. The number of halogens is 8. The van der Waals surface area contributed by atoms with Crippen molar-refractivity contribution in [1.82, 2.24) is 0 Å². The highest BCUT2D eigenvalue weighted by atomic mass is 35.5. The molecule has 0 aliphatic heterocycles. The van der Waals surface area contributed by atoms with Crippen LogP contribution in [0.4, 0.5) is 26.3 Å². The fourth-order valence-corrected chi connectivity index (χ4v) is 1.77. The summed E-state index contributed by atoms with van der Waals surface area (Å²) in [6, 6.07) is 0.765. The van der Waals surface area contributed by atoms with E-state index >= 15 is 0 Å². The Balaban J connectivity index is 3.77. The van der Waals surface area contributed by atoms with E-state index in [1.807, 2.05) is 0 Å². The summed E-state index contributed by atoms with van der Waals surface area (Å²) < 4.78 is 76.5. The molecule has 0 bridgehead atoms. The molecule has 0 saturated heterocycles. The topological polar surface area (TPSA) is 54.4 Å². The number of hydrogen-bond acceptors (Lipinski definition) is 3. The lowest BCUT2D eigenvalue weighted by atomic mass is 9.89. The normalized spacial score (nSPS) is 13.1. The van der Waals surface area contributed by atoms with E-state index in [-0.39, 0.29) is 12.1 Å². The molecule has 22 heavy (non-hydrogen) atoms. The molecule has 1 aromatic rings. The largest absolute Gasteiger partial charge is 0.430 e. The van der Waals surface area contributed by atoms with Crippen LogP contribution in [0.5, 0.6) is 0 Å². The second-order valence-electron chi connectivity index (χ2n) is 4.05. The van der Waals surface area contributed by atoms with E-state index in [0.29, 0.717) is 6.07 Å². The van der Waals surface area contributed by atoms with Gasteiger partial charge in [-0.3, -0.25) is 9.59 Å². The van der Waals surface area contributed by atoms with Gasteiger partial charge in [0, 0.05) is 16.7 Å². The van der Waals surface area contributed by atoms with Crippen LogP contribution >= 0.6 is 23.2 Å². The third-order valence-electron chi connectivity index (χ3n) is 2.63. The van der Waals surface area contributed by atoms with Crippen LogP contribution in [0.2, 0.25) is 0 Å². The molecule has 11 heteroatoms. The van der Waals surface area contributed by atoms with Crippen LogP contribution in [0.1, 0.15) is 26.3 Å². The molecule has 0 aromatic heterocycles. The number of hydrogen-bond donors (Lipinski definition) is 1. The molecule has 0 saturated carbocycles.